The van der Waals surface area contributed by atoms with Gasteiger partial charge in [-0.1, -0.05) is 12.2 Å². The highest BCUT2D eigenvalue weighted by molar-refractivity contribution is 5.85. The SMILES string of the molecule is O=C1C[C@H]2C=C[C@]3(CCCC13)O2. The van der Waals surface area contributed by atoms with E-state index >= 15 is 0 Å². The number of carbonyl (C=O) groups is 1. The molecule has 1 saturated heterocycles. The van der Waals surface area contributed by atoms with Crippen LogP contribution in [0, 0.1) is 5.92 Å². The van der Waals surface area contributed by atoms with Crippen molar-refractivity contribution in [2.24, 2.45) is 5.92 Å². The minimum Gasteiger partial charge on any atom is -0.362 e. The second-order valence-corrected chi connectivity index (χ2v) is 4.09. The number of rotatable bonds is 0. The van der Waals surface area contributed by atoms with Crippen molar-refractivity contribution in [3.63, 3.8) is 0 Å². The second-order valence-electron chi connectivity index (χ2n) is 4.09. The third-order valence-electron chi connectivity index (χ3n) is 3.40. The van der Waals surface area contributed by atoms with Crippen molar-refractivity contribution < 1.29 is 9.53 Å². The standard InChI is InChI=1S/C10H12O2/c11-9-6-7-3-5-10(12-7)4-1-2-8(9)10/h3,5,7-8H,1-2,4,6H2/t7-,8?,10+/m1/s1. The van der Waals surface area contributed by atoms with Crippen LogP contribution in [0.1, 0.15) is 25.7 Å². The van der Waals surface area contributed by atoms with Crippen LogP contribution < -0.4 is 0 Å². The summed E-state index contributed by atoms with van der Waals surface area (Å²) in [5, 5.41) is 0. The molecule has 2 bridgehead atoms. The first-order valence-electron chi connectivity index (χ1n) is 4.70. The maximum absolute atomic E-state index is 11.6. The molecule has 0 aromatic heterocycles. The third kappa shape index (κ3) is 0.667. The molecule has 0 aromatic carbocycles. The largest absolute Gasteiger partial charge is 0.362 e. The first-order chi connectivity index (χ1) is 5.80. The van der Waals surface area contributed by atoms with Crippen molar-refractivity contribution in [2.45, 2.75) is 37.4 Å². The van der Waals surface area contributed by atoms with Gasteiger partial charge in [0.1, 0.15) is 5.78 Å². The van der Waals surface area contributed by atoms with Crippen LogP contribution in [-0.4, -0.2) is 17.5 Å². The Bertz CT molecular complexity index is 269. The lowest BCUT2D eigenvalue weighted by atomic mass is 9.85. The van der Waals surface area contributed by atoms with Crippen LogP contribution in [0.15, 0.2) is 12.2 Å². The summed E-state index contributed by atoms with van der Waals surface area (Å²) in [6.07, 6.45) is 8.17. The summed E-state index contributed by atoms with van der Waals surface area (Å²) in [6.45, 7) is 0. The Kier molecular flexibility index (Phi) is 1.14. The Morgan fingerprint density at radius 2 is 2.50 bits per heavy atom. The summed E-state index contributed by atoms with van der Waals surface area (Å²) < 4.78 is 5.85. The Morgan fingerprint density at radius 3 is 3.42 bits per heavy atom. The van der Waals surface area contributed by atoms with E-state index in [2.05, 4.69) is 12.2 Å². The smallest absolute Gasteiger partial charge is 0.142 e. The third-order valence-corrected chi connectivity index (χ3v) is 3.40. The van der Waals surface area contributed by atoms with E-state index in [0.29, 0.717) is 12.2 Å². The molecule has 0 aromatic rings. The van der Waals surface area contributed by atoms with Crippen molar-refractivity contribution in [2.75, 3.05) is 0 Å². The predicted molar refractivity (Wildman–Crippen MR) is 43.7 cm³/mol. The van der Waals surface area contributed by atoms with Crippen molar-refractivity contribution in [3.05, 3.63) is 12.2 Å². The van der Waals surface area contributed by atoms with Gasteiger partial charge in [0.25, 0.3) is 0 Å². The fraction of sp³-hybridized carbons (Fsp3) is 0.700. The Morgan fingerprint density at radius 1 is 1.58 bits per heavy atom. The zero-order valence-corrected chi connectivity index (χ0v) is 6.95. The number of Topliss-reactive ketones (excluding diaryl/α,β-unsaturated/α-hetero) is 1. The van der Waals surface area contributed by atoms with E-state index in [9.17, 15) is 4.79 Å². The second kappa shape index (κ2) is 1.99. The van der Waals surface area contributed by atoms with Crippen molar-refractivity contribution in [1.29, 1.82) is 0 Å². The maximum Gasteiger partial charge on any atom is 0.142 e. The van der Waals surface area contributed by atoms with E-state index in [1.807, 2.05) is 0 Å². The molecule has 1 unspecified atom stereocenters. The summed E-state index contributed by atoms with van der Waals surface area (Å²) in [4.78, 5) is 11.6. The Hall–Kier alpha value is -0.630. The quantitative estimate of drug-likeness (QED) is 0.506. The van der Waals surface area contributed by atoms with Gasteiger partial charge in [-0.3, -0.25) is 4.79 Å². The Labute approximate surface area is 71.6 Å². The van der Waals surface area contributed by atoms with Gasteiger partial charge >= 0.3 is 0 Å². The van der Waals surface area contributed by atoms with Gasteiger partial charge in [0.15, 0.2) is 0 Å². The summed E-state index contributed by atoms with van der Waals surface area (Å²) in [5.41, 5.74) is -0.153. The van der Waals surface area contributed by atoms with Crippen LogP contribution in [0.2, 0.25) is 0 Å². The average Bonchev–Trinajstić information content (AvgIpc) is 2.59. The van der Waals surface area contributed by atoms with Crippen LogP contribution in [-0.2, 0) is 9.53 Å². The molecule has 3 rings (SSSR count). The summed E-state index contributed by atoms with van der Waals surface area (Å²) in [5.74, 6) is 0.612. The number of ketones is 1. The molecule has 0 radical (unpaired) electrons. The molecule has 0 N–H and O–H groups in total. The van der Waals surface area contributed by atoms with Crippen molar-refractivity contribution in [3.8, 4) is 0 Å². The number of carbonyl (C=O) groups excluding carboxylic acids is 1. The molecule has 1 spiro atoms. The van der Waals surface area contributed by atoms with Gasteiger partial charge in [-0.05, 0) is 19.3 Å². The minimum absolute atomic E-state index is 0.104. The highest BCUT2D eigenvalue weighted by atomic mass is 16.5. The number of ether oxygens (including phenoxy) is 1. The zero-order valence-electron chi connectivity index (χ0n) is 6.95. The molecule has 3 aliphatic rings. The lowest BCUT2D eigenvalue weighted by molar-refractivity contribution is -0.145. The lowest BCUT2D eigenvalue weighted by Crippen LogP contribution is -2.43. The zero-order chi connectivity index (χ0) is 8.18. The van der Waals surface area contributed by atoms with Crippen LogP contribution in [0.5, 0.6) is 0 Å². The summed E-state index contributed by atoms with van der Waals surface area (Å²) >= 11 is 0. The molecule has 3 atom stereocenters. The number of hydrogen-bond donors (Lipinski definition) is 0. The van der Waals surface area contributed by atoms with Gasteiger partial charge in [-0.25, -0.2) is 0 Å². The molecule has 1 saturated carbocycles. The van der Waals surface area contributed by atoms with Gasteiger partial charge < -0.3 is 4.74 Å². The highest BCUT2D eigenvalue weighted by Gasteiger charge is 2.53. The van der Waals surface area contributed by atoms with E-state index in [-0.39, 0.29) is 17.6 Å². The van der Waals surface area contributed by atoms with E-state index in [0.717, 1.165) is 19.3 Å². The molecule has 1 aliphatic carbocycles. The molecule has 2 heterocycles. The minimum atomic E-state index is -0.153. The fourth-order valence-electron chi connectivity index (χ4n) is 2.86. The van der Waals surface area contributed by atoms with Crippen LogP contribution in [0.3, 0.4) is 0 Å². The van der Waals surface area contributed by atoms with Gasteiger partial charge in [0.05, 0.1) is 17.6 Å². The van der Waals surface area contributed by atoms with Gasteiger partial charge in [0.2, 0.25) is 0 Å². The monoisotopic (exact) mass is 164 g/mol. The number of fused-ring (bicyclic) bond motifs is 1. The van der Waals surface area contributed by atoms with Crippen LogP contribution >= 0.6 is 0 Å². The summed E-state index contributed by atoms with van der Waals surface area (Å²) in [6, 6.07) is 0. The van der Waals surface area contributed by atoms with Gasteiger partial charge in [-0.2, -0.15) is 0 Å². The molecule has 0 amide bonds. The Balaban J connectivity index is 2.06. The highest BCUT2D eigenvalue weighted by Crippen LogP contribution is 2.48. The molecule has 64 valence electrons. The molecule has 2 fully saturated rings. The maximum atomic E-state index is 11.6. The van der Waals surface area contributed by atoms with Crippen molar-refractivity contribution >= 4 is 5.78 Å². The van der Waals surface area contributed by atoms with E-state index in [1.165, 1.54) is 0 Å². The fourth-order valence-corrected chi connectivity index (χ4v) is 2.86. The number of hydrogen-bond acceptors (Lipinski definition) is 2. The molecule has 2 heteroatoms. The van der Waals surface area contributed by atoms with Crippen molar-refractivity contribution in [1.82, 2.24) is 0 Å². The van der Waals surface area contributed by atoms with E-state index < -0.39 is 0 Å². The molecule has 2 nitrogen and oxygen atoms in total. The first-order valence-corrected chi connectivity index (χ1v) is 4.70. The first kappa shape index (κ1) is 6.84. The van der Waals surface area contributed by atoms with Crippen LogP contribution in [0.4, 0.5) is 0 Å². The van der Waals surface area contributed by atoms with Gasteiger partial charge in [-0.15, -0.1) is 0 Å². The lowest BCUT2D eigenvalue weighted by Gasteiger charge is -2.34. The molecular formula is C10H12O2. The predicted octanol–water partition coefficient (Wildman–Crippen LogP) is 1.45. The molecular weight excluding hydrogens is 152 g/mol. The molecule has 2 aliphatic heterocycles. The van der Waals surface area contributed by atoms with Gasteiger partial charge in [0, 0.05) is 6.42 Å². The van der Waals surface area contributed by atoms with Crippen LogP contribution in [0.25, 0.3) is 0 Å². The molecule has 12 heavy (non-hydrogen) atoms. The topological polar surface area (TPSA) is 26.3 Å². The van der Waals surface area contributed by atoms with E-state index in [1.54, 1.807) is 0 Å². The normalized spacial score (nSPS) is 49.8. The summed E-state index contributed by atoms with van der Waals surface area (Å²) in [7, 11) is 0. The average molecular weight is 164 g/mol. The van der Waals surface area contributed by atoms with E-state index in [4.69, 9.17) is 4.74 Å².